The highest BCUT2D eigenvalue weighted by atomic mass is 127. The summed E-state index contributed by atoms with van der Waals surface area (Å²) in [6, 6.07) is 15.5. The highest BCUT2D eigenvalue weighted by Crippen LogP contribution is 2.21. The Kier molecular flexibility index (Phi) is 9.30. The van der Waals surface area contributed by atoms with Gasteiger partial charge in [-0.15, -0.1) is 0 Å². The topological polar surface area (TPSA) is 86.8 Å². The molecule has 0 unspecified atom stereocenters. The minimum Gasteiger partial charge on any atom is -0.355 e. The Hall–Kier alpha value is -2.14. The van der Waals surface area contributed by atoms with Crippen molar-refractivity contribution in [1.29, 1.82) is 0 Å². The van der Waals surface area contributed by atoms with Crippen molar-refractivity contribution in [2.45, 2.75) is 32.9 Å². The number of nitrogens with one attached hydrogen (secondary N) is 1. The SMILES string of the molecule is CCNC(=O)[C@@H](CC)N(Cc1ccccc1)C(=O)CN(c1ccc(I)cc1)S(C)(=O)=O. The average Bonchev–Trinajstić information content (AvgIpc) is 2.72. The molecule has 0 saturated carbocycles. The second-order valence-electron chi connectivity index (χ2n) is 7.07. The summed E-state index contributed by atoms with van der Waals surface area (Å²) in [7, 11) is -3.71. The maximum Gasteiger partial charge on any atom is 0.244 e. The Balaban J connectivity index is 2.39. The van der Waals surface area contributed by atoms with Gasteiger partial charge in [-0.1, -0.05) is 37.3 Å². The van der Waals surface area contributed by atoms with Crippen LogP contribution >= 0.6 is 22.6 Å². The highest BCUT2D eigenvalue weighted by Gasteiger charge is 2.31. The molecule has 0 aromatic heterocycles. The summed E-state index contributed by atoms with van der Waals surface area (Å²) in [5, 5.41) is 2.77. The van der Waals surface area contributed by atoms with E-state index in [1.807, 2.05) is 44.2 Å². The number of anilines is 1. The Bertz CT molecular complexity index is 982. The van der Waals surface area contributed by atoms with Gasteiger partial charge >= 0.3 is 0 Å². The lowest BCUT2D eigenvalue weighted by Gasteiger charge is -2.32. The first-order chi connectivity index (χ1) is 14.7. The average molecular weight is 557 g/mol. The standard InChI is InChI=1S/C22H28IN3O4S/c1-4-20(22(28)24-5-2)25(15-17-9-7-6-8-10-17)21(27)16-26(31(3,29)30)19-13-11-18(23)12-14-19/h6-14,20H,4-5,15-16H2,1-3H3,(H,24,28)/t20-/m1/s1. The third kappa shape index (κ3) is 7.20. The molecule has 0 aliphatic carbocycles. The maximum atomic E-state index is 13.4. The molecule has 31 heavy (non-hydrogen) atoms. The van der Waals surface area contributed by atoms with E-state index in [1.165, 1.54) is 4.90 Å². The molecular formula is C22H28IN3O4S. The van der Waals surface area contributed by atoms with E-state index in [4.69, 9.17) is 0 Å². The van der Waals surface area contributed by atoms with Gasteiger partial charge in [0.25, 0.3) is 0 Å². The highest BCUT2D eigenvalue weighted by molar-refractivity contribution is 14.1. The fourth-order valence-electron chi connectivity index (χ4n) is 3.21. The zero-order valence-electron chi connectivity index (χ0n) is 17.9. The minimum absolute atomic E-state index is 0.208. The molecular weight excluding hydrogens is 529 g/mol. The van der Waals surface area contributed by atoms with E-state index in [1.54, 1.807) is 24.3 Å². The van der Waals surface area contributed by atoms with Crippen LogP contribution in [0.5, 0.6) is 0 Å². The predicted octanol–water partition coefficient (Wildman–Crippen LogP) is 3.00. The molecule has 0 saturated heterocycles. The van der Waals surface area contributed by atoms with Crippen LogP contribution in [0.1, 0.15) is 25.8 Å². The van der Waals surface area contributed by atoms with Gasteiger partial charge in [0.2, 0.25) is 21.8 Å². The van der Waals surface area contributed by atoms with Crippen LogP contribution in [0.2, 0.25) is 0 Å². The summed E-state index contributed by atoms with van der Waals surface area (Å²) in [5.41, 5.74) is 1.26. The lowest BCUT2D eigenvalue weighted by Crippen LogP contribution is -2.52. The van der Waals surface area contributed by atoms with E-state index in [-0.39, 0.29) is 19.0 Å². The molecule has 2 amide bonds. The molecule has 1 atom stereocenters. The lowest BCUT2D eigenvalue weighted by atomic mass is 10.1. The molecule has 7 nitrogen and oxygen atoms in total. The number of nitrogens with zero attached hydrogens (tertiary/aromatic N) is 2. The Morgan fingerprint density at radius 2 is 1.65 bits per heavy atom. The van der Waals surface area contributed by atoms with Crippen molar-refractivity contribution in [3.05, 3.63) is 63.7 Å². The van der Waals surface area contributed by atoms with Gasteiger partial charge in [-0.2, -0.15) is 0 Å². The normalized spacial score (nSPS) is 12.1. The van der Waals surface area contributed by atoms with Crippen molar-refractivity contribution < 1.29 is 18.0 Å². The molecule has 0 aliphatic heterocycles. The Morgan fingerprint density at radius 1 is 1.03 bits per heavy atom. The number of rotatable bonds is 10. The van der Waals surface area contributed by atoms with Gasteiger partial charge in [0.1, 0.15) is 12.6 Å². The summed E-state index contributed by atoms with van der Waals surface area (Å²) < 4.78 is 27.0. The number of likely N-dealkylation sites (N-methyl/N-ethyl adjacent to an activating group) is 1. The van der Waals surface area contributed by atoms with Gasteiger partial charge in [-0.3, -0.25) is 13.9 Å². The number of hydrogen-bond donors (Lipinski definition) is 1. The third-order valence-corrected chi connectivity index (χ3v) is 6.59. The molecule has 1 N–H and O–H groups in total. The van der Waals surface area contributed by atoms with E-state index < -0.39 is 22.0 Å². The zero-order valence-corrected chi connectivity index (χ0v) is 20.9. The van der Waals surface area contributed by atoms with Gasteiger partial charge in [0.15, 0.2) is 0 Å². The van der Waals surface area contributed by atoms with Crippen LogP contribution in [0.3, 0.4) is 0 Å². The van der Waals surface area contributed by atoms with Crippen LogP contribution in [-0.4, -0.2) is 50.5 Å². The Morgan fingerprint density at radius 3 is 2.16 bits per heavy atom. The van der Waals surface area contributed by atoms with Crippen LogP contribution in [0.4, 0.5) is 5.69 Å². The number of amides is 2. The van der Waals surface area contributed by atoms with Gasteiger partial charge in [-0.25, -0.2) is 8.42 Å². The summed E-state index contributed by atoms with van der Waals surface area (Å²) in [6.07, 6.45) is 1.48. The molecule has 0 heterocycles. The van der Waals surface area contributed by atoms with Crippen LogP contribution in [0, 0.1) is 3.57 Å². The molecule has 0 spiro atoms. The molecule has 2 rings (SSSR count). The molecule has 0 fully saturated rings. The molecule has 2 aromatic carbocycles. The van der Waals surface area contributed by atoms with Gasteiger partial charge in [-0.05, 0) is 65.8 Å². The van der Waals surface area contributed by atoms with E-state index in [0.29, 0.717) is 18.7 Å². The summed E-state index contributed by atoms with van der Waals surface area (Å²) in [5.74, 6) is -0.694. The largest absolute Gasteiger partial charge is 0.355 e. The number of hydrogen-bond acceptors (Lipinski definition) is 4. The van der Waals surface area contributed by atoms with Crippen LogP contribution < -0.4 is 9.62 Å². The zero-order chi connectivity index (χ0) is 23.0. The first kappa shape index (κ1) is 25.1. The minimum atomic E-state index is -3.71. The van der Waals surface area contributed by atoms with E-state index >= 15 is 0 Å². The van der Waals surface area contributed by atoms with E-state index in [9.17, 15) is 18.0 Å². The van der Waals surface area contributed by atoms with Crippen molar-refractivity contribution in [3.8, 4) is 0 Å². The molecule has 0 radical (unpaired) electrons. The van der Waals surface area contributed by atoms with Crippen molar-refractivity contribution in [1.82, 2.24) is 10.2 Å². The molecule has 2 aromatic rings. The monoisotopic (exact) mass is 557 g/mol. The van der Waals surface area contributed by atoms with Gasteiger partial charge in [0.05, 0.1) is 11.9 Å². The van der Waals surface area contributed by atoms with Crippen molar-refractivity contribution in [2.75, 3.05) is 23.7 Å². The first-order valence-electron chi connectivity index (χ1n) is 10.0. The molecule has 0 aliphatic rings. The number of sulfonamides is 1. The Labute approximate surface area is 198 Å². The predicted molar refractivity (Wildman–Crippen MR) is 131 cm³/mol. The van der Waals surface area contributed by atoms with Crippen molar-refractivity contribution in [3.63, 3.8) is 0 Å². The van der Waals surface area contributed by atoms with Crippen LogP contribution in [-0.2, 0) is 26.2 Å². The second-order valence-corrected chi connectivity index (χ2v) is 10.2. The van der Waals surface area contributed by atoms with E-state index in [2.05, 4.69) is 27.9 Å². The fourth-order valence-corrected chi connectivity index (χ4v) is 4.42. The van der Waals surface area contributed by atoms with E-state index in [0.717, 1.165) is 19.7 Å². The van der Waals surface area contributed by atoms with Crippen molar-refractivity contribution in [2.24, 2.45) is 0 Å². The molecule has 9 heteroatoms. The number of benzene rings is 2. The lowest BCUT2D eigenvalue weighted by molar-refractivity contribution is -0.140. The van der Waals surface area contributed by atoms with Crippen LogP contribution in [0.25, 0.3) is 0 Å². The molecule has 168 valence electrons. The summed E-state index contributed by atoms with van der Waals surface area (Å²) >= 11 is 2.13. The van der Waals surface area contributed by atoms with Crippen LogP contribution in [0.15, 0.2) is 54.6 Å². The quantitative estimate of drug-likeness (QED) is 0.456. The third-order valence-electron chi connectivity index (χ3n) is 4.73. The maximum absolute atomic E-state index is 13.4. The smallest absolute Gasteiger partial charge is 0.244 e. The number of carbonyl (C=O) groups excluding carboxylic acids is 2. The van der Waals surface area contributed by atoms with Gasteiger partial charge in [0, 0.05) is 16.7 Å². The molecule has 0 bridgehead atoms. The van der Waals surface area contributed by atoms with Crippen molar-refractivity contribution >= 4 is 50.1 Å². The first-order valence-corrected chi connectivity index (χ1v) is 12.9. The van der Waals surface area contributed by atoms with Gasteiger partial charge < -0.3 is 10.2 Å². The summed E-state index contributed by atoms with van der Waals surface area (Å²) in [4.78, 5) is 27.5. The fraction of sp³-hybridized carbons (Fsp3) is 0.364. The number of halogens is 1. The summed E-state index contributed by atoms with van der Waals surface area (Å²) in [6.45, 7) is 3.91. The number of carbonyl (C=O) groups is 2. The second kappa shape index (κ2) is 11.5.